The van der Waals surface area contributed by atoms with Crippen LogP contribution >= 0.6 is 0 Å². The van der Waals surface area contributed by atoms with Gasteiger partial charge in [0, 0.05) is 45.3 Å². The fraction of sp³-hybridized carbons (Fsp3) is 0.588. The van der Waals surface area contributed by atoms with Crippen LogP contribution in [-0.4, -0.2) is 68.6 Å². The lowest BCUT2D eigenvalue weighted by Gasteiger charge is -2.42. The molecule has 0 saturated carbocycles. The maximum atomic E-state index is 14.3. The molecule has 1 N–H and O–H groups in total. The zero-order valence-corrected chi connectivity index (χ0v) is 14.0. The number of piperidine rings is 1. The molecule has 0 atom stereocenters. The molecular formula is C17H24F2N4O. The number of hydrogen-bond donors (Lipinski definition) is 1. The van der Waals surface area contributed by atoms with E-state index in [1.54, 1.807) is 6.07 Å². The lowest BCUT2D eigenvalue weighted by molar-refractivity contribution is -0.105. The van der Waals surface area contributed by atoms with E-state index in [2.05, 4.69) is 22.2 Å². The van der Waals surface area contributed by atoms with Gasteiger partial charge in [0.15, 0.2) is 11.6 Å². The molecule has 1 aromatic carbocycles. The molecule has 0 aromatic heterocycles. The standard InChI is InChI=1S/C17H24F2N4O/c1-21-8-10-22(11-9-21)13-4-6-23(7-5-13)15-3-2-14(20-12-24)16(18)17(15)19/h2-3,12-13H,4-11H2,1H3,(H,20,24). The molecule has 24 heavy (non-hydrogen) atoms. The number of hydrogen-bond acceptors (Lipinski definition) is 4. The molecule has 0 unspecified atom stereocenters. The number of nitrogens with zero attached hydrogens (tertiary/aromatic N) is 3. The van der Waals surface area contributed by atoms with Crippen LogP contribution in [0.1, 0.15) is 12.8 Å². The van der Waals surface area contributed by atoms with Crippen LogP contribution in [0.2, 0.25) is 0 Å². The SMILES string of the molecule is CN1CCN(C2CCN(c3ccc(NC=O)c(F)c3F)CC2)CC1. The van der Waals surface area contributed by atoms with Crippen molar-refractivity contribution in [3.63, 3.8) is 0 Å². The molecule has 5 nitrogen and oxygen atoms in total. The summed E-state index contributed by atoms with van der Waals surface area (Å²) in [6.07, 6.45) is 2.26. The molecule has 1 amide bonds. The summed E-state index contributed by atoms with van der Waals surface area (Å²) in [4.78, 5) is 17.2. The number of anilines is 2. The molecule has 2 saturated heterocycles. The molecule has 2 aliphatic heterocycles. The lowest BCUT2D eigenvalue weighted by Crippen LogP contribution is -2.52. The Labute approximate surface area is 141 Å². The molecule has 0 spiro atoms. The third-order valence-corrected chi connectivity index (χ3v) is 5.14. The summed E-state index contributed by atoms with van der Waals surface area (Å²) in [5, 5.41) is 2.18. The number of likely N-dealkylation sites (N-methyl/N-ethyl adjacent to an activating group) is 1. The number of piperazine rings is 1. The first-order valence-electron chi connectivity index (χ1n) is 8.46. The van der Waals surface area contributed by atoms with Crippen molar-refractivity contribution in [2.75, 3.05) is 56.5 Å². The fourth-order valence-electron chi connectivity index (χ4n) is 3.62. The van der Waals surface area contributed by atoms with Gasteiger partial charge < -0.3 is 15.1 Å². The number of amides is 1. The molecule has 1 aromatic rings. The molecular weight excluding hydrogens is 314 g/mol. The second kappa shape index (κ2) is 7.44. The van der Waals surface area contributed by atoms with Crippen LogP contribution in [-0.2, 0) is 4.79 Å². The summed E-state index contributed by atoms with van der Waals surface area (Å²) in [7, 11) is 2.14. The van der Waals surface area contributed by atoms with Crippen LogP contribution in [0.25, 0.3) is 0 Å². The minimum absolute atomic E-state index is 0.126. The molecule has 0 radical (unpaired) electrons. The zero-order chi connectivity index (χ0) is 17.1. The third kappa shape index (κ3) is 3.52. The third-order valence-electron chi connectivity index (χ3n) is 5.14. The highest BCUT2D eigenvalue weighted by atomic mass is 19.2. The van der Waals surface area contributed by atoms with Crippen molar-refractivity contribution >= 4 is 17.8 Å². The molecule has 2 aliphatic rings. The Morgan fingerprint density at radius 3 is 2.33 bits per heavy atom. The van der Waals surface area contributed by atoms with Crippen LogP contribution in [0.3, 0.4) is 0 Å². The first kappa shape index (κ1) is 17.1. The number of rotatable bonds is 4. The smallest absolute Gasteiger partial charge is 0.211 e. The molecule has 0 aliphatic carbocycles. The average Bonchev–Trinajstić information content (AvgIpc) is 2.60. The largest absolute Gasteiger partial charge is 0.369 e. The molecule has 132 valence electrons. The summed E-state index contributed by atoms with van der Waals surface area (Å²) in [5.74, 6) is -1.89. The molecule has 0 bridgehead atoms. The van der Waals surface area contributed by atoms with Gasteiger partial charge in [-0.1, -0.05) is 0 Å². The predicted octanol–water partition coefficient (Wildman–Crippen LogP) is 1.75. The van der Waals surface area contributed by atoms with E-state index >= 15 is 0 Å². The second-order valence-corrected chi connectivity index (χ2v) is 6.58. The summed E-state index contributed by atoms with van der Waals surface area (Å²) >= 11 is 0. The van der Waals surface area contributed by atoms with Gasteiger partial charge in [-0.3, -0.25) is 9.69 Å². The minimum Gasteiger partial charge on any atom is -0.369 e. The second-order valence-electron chi connectivity index (χ2n) is 6.58. The Hall–Kier alpha value is -1.73. The molecule has 2 heterocycles. The maximum Gasteiger partial charge on any atom is 0.211 e. The highest BCUT2D eigenvalue weighted by Crippen LogP contribution is 2.30. The van der Waals surface area contributed by atoms with Gasteiger partial charge in [0.1, 0.15) is 0 Å². The summed E-state index contributed by atoms with van der Waals surface area (Å²) in [6.45, 7) is 5.77. The molecule has 3 rings (SSSR count). The van der Waals surface area contributed by atoms with Crippen LogP contribution in [0, 0.1) is 11.6 Å². The van der Waals surface area contributed by atoms with E-state index < -0.39 is 11.6 Å². The van der Waals surface area contributed by atoms with E-state index in [0.29, 0.717) is 25.5 Å². The van der Waals surface area contributed by atoms with E-state index in [1.807, 2.05) is 4.90 Å². The number of carbonyl (C=O) groups is 1. The number of benzene rings is 1. The first-order chi connectivity index (χ1) is 11.6. The van der Waals surface area contributed by atoms with Crippen molar-refractivity contribution in [1.82, 2.24) is 9.80 Å². The van der Waals surface area contributed by atoms with Gasteiger partial charge in [0.05, 0.1) is 11.4 Å². The summed E-state index contributed by atoms with van der Waals surface area (Å²) in [6, 6.07) is 3.48. The summed E-state index contributed by atoms with van der Waals surface area (Å²) < 4.78 is 28.2. The monoisotopic (exact) mass is 338 g/mol. The van der Waals surface area contributed by atoms with Gasteiger partial charge in [-0.15, -0.1) is 0 Å². The van der Waals surface area contributed by atoms with Crippen LogP contribution in [0.15, 0.2) is 12.1 Å². The quantitative estimate of drug-likeness (QED) is 0.849. The van der Waals surface area contributed by atoms with Gasteiger partial charge in [-0.05, 0) is 32.0 Å². The van der Waals surface area contributed by atoms with E-state index in [0.717, 1.165) is 39.0 Å². The van der Waals surface area contributed by atoms with Crippen molar-refractivity contribution in [1.29, 1.82) is 0 Å². The lowest BCUT2D eigenvalue weighted by atomic mass is 10.0. The van der Waals surface area contributed by atoms with Gasteiger partial charge in [0.25, 0.3) is 0 Å². The van der Waals surface area contributed by atoms with Crippen molar-refractivity contribution in [3.05, 3.63) is 23.8 Å². The zero-order valence-electron chi connectivity index (χ0n) is 14.0. The highest BCUT2D eigenvalue weighted by Gasteiger charge is 2.28. The highest BCUT2D eigenvalue weighted by molar-refractivity contribution is 5.73. The van der Waals surface area contributed by atoms with E-state index in [-0.39, 0.29) is 11.4 Å². The Balaban J connectivity index is 1.62. The minimum atomic E-state index is -0.999. The Morgan fingerprint density at radius 1 is 1.04 bits per heavy atom. The fourth-order valence-corrected chi connectivity index (χ4v) is 3.62. The van der Waals surface area contributed by atoms with Gasteiger partial charge in [-0.2, -0.15) is 0 Å². The topological polar surface area (TPSA) is 38.8 Å². The van der Waals surface area contributed by atoms with Gasteiger partial charge in [0.2, 0.25) is 6.41 Å². The number of carbonyl (C=O) groups excluding carboxylic acids is 1. The van der Waals surface area contributed by atoms with Crippen molar-refractivity contribution in [2.45, 2.75) is 18.9 Å². The first-order valence-corrected chi connectivity index (χ1v) is 8.46. The maximum absolute atomic E-state index is 14.3. The van der Waals surface area contributed by atoms with E-state index in [1.165, 1.54) is 6.07 Å². The van der Waals surface area contributed by atoms with Crippen LogP contribution in [0.5, 0.6) is 0 Å². The number of nitrogens with one attached hydrogen (secondary N) is 1. The van der Waals surface area contributed by atoms with Crippen molar-refractivity contribution < 1.29 is 13.6 Å². The van der Waals surface area contributed by atoms with Crippen molar-refractivity contribution in [3.8, 4) is 0 Å². The number of halogens is 2. The van der Waals surface area contributed by atoms with Crippen molar-refractivity contribution in [2.24, 2.45) is 0 Å². The Morgan fingerprint density at radius 2 is 1.71 bits per heavy atom. The predicted molar refractivity (Wildman–Crippen MR) is 90.3 cm³/mol. The Kier molecular flexibility index (Phi) is 5.30. The van der Waals surface area contributed by atoms with E-state index in [4.69, 9.17) is 0 Å². The molecule has 2 fully saturated rings. The summed E-state index contributed by atoms with van der Waals surface area (Å²) in [5.41, 5.74) is 0.152. The molecule has 7 heteroatoms. The van der Waals surface area contributed by atoms with Crippen LogP contribution in [0.4, 0.5) is 20.2 Å². The van der Waals surface area contributed by atoms with Crippen LogP contribution < -0.4 is 10.2 Å². The normalized spacial score (nSPS) is 21.0. The van der Waals surface area contributed by atoms with Gasteiger partial charge in [-0.25, -0.2) is 8.78 Å². The average molecular weight is 338 g/mol. The van der Waals surface area contributed by atoms with Gasteiger partial charge >= 0.3 is 0 Å². The van der Waals surface area contributed by atoms with E-state index in [9.17, 15) is 13.6 Å². The Bertz CT molecular complexity index is 582.